The van der Waals surface area contributed by atoms with Gasteiger partial charge in [-0.2, -0.15) is 0 Å². The Bertz CT molecular complexity index is 687. The first-order valence-corrected chi connectivity index (χ1v) is 7.25. The normalized spacial score (nSPS) is 28.0. The molecule has 3 atom stereocenters. The van der Waals surface area contributed by atoms with Crippen molar-refractivity contribution in [1.82, 2.24) is 15.2 Å². The van der Waals surface area contributed by atoms with E-state index in [4.69, 9.17) is 4.42 Å². The molecule has 6 heteroatoms. The first-order chi connectivity index (χ1) is 10.2. The standard InChI is InChI=1S/C15H16FN3O2/c16-12-8-21-14-5-17-13(4-11(12)14)15(20)18-10-3-9-1-2-19(6-9)7-10/h4-5,8-10H,1-3,6-7H2,(H,18,20)/t9-,10-/m1/s1. The summed E-state index contributed by atoms with van der Waals surface area (Å²) in [4.78, 5) is 18.7. The van der Waals surface area contributed by atoms with Crippen molar-refractivity contribution < 1.29 is 13.6 Å². The molecule has 21 heavy (non-hydrogen) atoms. The number of carbonyl (C=O) groups excluding carboxylic acids is 1. The minimum atomic E-state index is -0.469. The van der Waals surface area contributed by atoms with Crippen LogP contribution in [0.15, 0.2) is 22.9 Å². The van der Waals surface area contributed by atoms with Crippen LogP contribution in [-0.2, 0) is 0 Å². The molecule has 0 aliphatic carbocycles. The van der Waals surface area contributed by atoms with Gasteiger partial charge in [-0.25, -0.2) is 9.37 Å². The molecule has 2 aliphatic rings. The molecule has 2 bridgehead atoms. The van der Waals surface area contributed by atoms with E-state index in [-0.39, 0.29) is 17.6 Å². The van der Waals surface area contributed by atoms with Crippen molar-refractivity contribution in [1.29, 1.82) is 0 Å². The monoisotopic (exact) mass is 289 g/mol. The van der Waals surface area contributed by atoms with Gasteiger partial charge < -0.3 is 14.6 Å². The number of rotatable bonds is 2. The maximum atomic E-state index is 13.5. The van der Waals surface area contributed by atoms with E-state index in [0.717, 1.165) is 32.3 Å². The van der Waals surface area contributed by atoms with Crippen LogP contribution in [0.2, 0.25) is 0 Å². The summed E-state index contributed by atoms with van der Waals surface area (Å²) in [6.45, 7) is 3.17. The van der Waals surface area contributed by atoms with Crippen LogP contribution in [-0.4, -0.2) is 41.5 Å². The van der Waals surface area contributed by atoms with E-state index in [1.807, 2.05) is 0 Å². The fourth-order valence-corrected chi connectivity index (χ4v) is 3.45. The molecule has 0 aromatic carbocycles. The van der Waals surface area contributed by atoms with Crippen LogP contribution in [0.25, 0.3) is 11.0 Å². The number of furan rings is 1. The Balaban J connectivity index is 1.52. The Kier molecular flexibility index (Phi) is 2.92. The van der Waals surface area contributed by atoms with Gasteiger partial charge in [0.1, 0.15) is 12.0 Å². The molecular weight excluding hydrogens is 273 g/mol. The lowest BCUT2D eigenvalue weighted by atomic mass is 9.97. The Morgan fingerprint density at radius 3 is 3.24 bits per heavy atom. The molecule has 0 radical (unpaired) electrons. The molecule has 0 saturated carbocycles. The van der Waals surface area contributed by atoms with Gasteiger partial charge in [-0.15, -0.1) is 0 Å². The van der Waals surface area contributed by atoms with Crippen molar-refractivity contribution in [3.05, 3.63) is 30.0 Å². The number of nitrogens with one attached hydrogen (secondary N) is 1. The van der Waals surface area contributed by atoms with Crippen LogP contribution in [0.4, 0.5) is 4.39 Å². The fraction of sp³-hybridized carbons (Fsp3) is 0.467. The van der Waals surface area contributed by atoms with Gasteiger partial charge >= 0.3 is 0 Å². The smallest absolute Gasteiger partial charge is 0.270 e. The molecule has 1 amide bonds. The summed E-state index contributed by atoms with van der Waals surface area (Å²) in [7, 11) is 0. The number of fused-ring (bicyclic) bond motifs is 3. The van der Waals surface area contributed by atoms with E-state index in [9.17, 15) is 9.18 Å². The third-order valence-electron chi connectivity index (χ3n) is 4.45. The number of aromatic nitrogens is 1. The lowest BCUT2D eigenvalue weighted by molar-refractivity contribution is 0.0904. The van der Waals surface area contributed by atoms with Crippen LogP contribution in [0.5, 0.6) is 0 Å². The molecule has 2 aromatic heterocycles. The van der Waals surface area contributed by atoms with Gasteiger partial charge in [0, 0.05) is 19.1 Å². The zero-order chi connectivity index (χ0) is 14.4. The summed E-state index contributed by atoms with van der Waals surface area (Å²) in [5.41, 5.74) is 0.585. The van der Waals surface area contributed by atoms with Crippen molar-refractivity contribution in [3.8, 4) is 0 Å². The van der Waals surface area contributed by atoms with Crippen molar-refractivity contribution in [2.75, 3.05) is 19.6 Å². The molecule has 2 saturated heterocycles. The first kappa shape index (κ1) is 12.8. The predicted molar refractivity (Wildman–Crippen MR) is 74.4 cm³/mol. The number of carbonyl (C=O) groups is 1. The molecule has 4 heterocycles. The van der Waals surface area contributed by atoms with Crippen molar-refractivity contribution in [2.24, 2.45) is 5.92 Å². The molecule has 2 fully saturated rings. The highest BCUT2D eigenvalue weighted by molar-refractivity contribution is 5.95. The van der Waals surface area contributed by atoms with Gasteiger partial charge in [0.15, 0.2) is 11.4 Å². The Labute approximate surface area is 121 Å². The maximum Gasteiger partial charge on any atom is 0.270 e. The second-order valence-corrected chi connectivity index (χ2v) is 5.97. The van der Waals surface area contributed by atoms with E-state index in [1.165, 1.54) is 18.7 Å². The van der Waals surface area contributed by atoms with Gasteiger partial charge in [0.2, 0.25) is 0 Å². The van der Waals surface area contributed by atoms with E-state index in [2.05, 4.69) is 15.2 Å². The predicted octanol–water partition coefficient (Wildman–Crippen LogP) is 1.79. The minimum absolute atomic E-state index is 0.158. The molecule has 2 aliphatic heterocycles. The van der Waals surface area contributed by atoms with Crippen LogP contribution >= 0.6 is 0 Å². The van der Waals surface area contributed by atoms with Gasteiger partial charge in [-0.3, -0.25) is 4.79 Å². The van der Waals surface area contributed by atoms with Crippen LogP contribution in [0.3, 0.4) is 0 Å². The largest absolute Gasteiger partial charge is 0.460 e. The summed E-state index contributed by atoms with van der Waals surface area (Å²) in [5.74, 6) is -0.0286. The lowest BCUT2D eigenvalue weighted by Gasteiger charge is -2.30. The molecular formula is C15H16FN3O2. The van der Waals surface area contributed by atoms with E-state index in [0.29, 0.717) is 16.9 Å². The SMILES string of the molecule is O=C(N[C@@H]1C[C@H]2CCN(C2)C1)c1cc2c(F)coc2cn1. The Hall–Kier alpha value is -1.95. The zero-order valence-electron chi connectivity index (χ0n) is 11.5. The second kappa shape index (κ2) is 4.80. The summed E-state index contributed by atoms with van der Waals surface area (Å²) >= 11 is 0. The van der Waals surface area contributed by atoms with Crippen LogP contribution in [0.1, 0.15) is 23.3 Å². The summed E-state index contributed by atoms with van der Waals surface area (Å²) in [6.07, 6.45) is 4.66. The van der Waals surface area contributed by atoms with E-state index in [1.54, 1.807) is 0 Å². The van der Waals surface area contributed by atoms with Crippen molar-refractivity contribution >= 4 is 16.9 Å². The summed E-state index contributed by atoms with van der Waals surface area (Å²) in [6, 6.07) is 1.60. The summed E-state index contributed by atoms with van der Waals surface area (Å²) in [5, 5.41) is 3.31. The maximum absolute atomic E-state index is 13.5. The van der Waals surface area contributed by atoms with Gasteiger partial charge in [0.05, 0.1) is 11.6 Å². The molecule has 2 aromatic rings. The van der Waals surface area contributed by atoms with Crippen LogP contribution in [0, 0.1) is 11.7 Å². The fourth-order valence-electron chi connectivity index (χ4n) is 3.45. The molecule has 0 spiro atoms. The topological polar surface area (TPSA) is 58.4 Å². The highest BCUT2D eigenvalue weighted by Gasteiger charge is 2.33. The number of nitrogens with zero attached hydrogens (tertiary/aromatic N) is 2. The number of hydrogen-bond acceptors (Lipinski definition) is 4. The minimum Gasteiger partial charge on any atom is -0.460 e. The molecule has 110 valence electrons. The number of amides is 1. The first-order valence-electron chi connectivity index (χ1n) is 7.25. The van der Waals surface area contributed by atoms with E-state index >= 15 is 0 Å². The van der Waals surface area contributed by atoms with Gasteiger partial charge in [-0.1, -0.05) is 0 Å². The van der Waals surface area contributed by atoms with Crippen molar-refractivity contribution in [2.45, 2.75) is 18.9 Å². The highest BCUT2D eigenvalue weighted by Crippen LogP contribution is 2.27. The number of piperidine rings is 1. The number of pyridine rings is 1. The van der Waals surface area contributed by atoms with E-state index < -0.39 is 5.82 Å². The zero-order valence-corrected chi connectivity index (χ0v) is 11.5. The highest BCUT2D eigenvalue weighted by atomic mass is 19.1. The molecule has 1 N–H and O–H groups in total. The van der Waals surface area contributed by atoms with Gasteiger partial charge in [0.25, 0.3) is 5.91 Å². The molecule has 5 nitrogen and oxygen atoms in total. The number of halogens is 1. The lowest BCUT2D eigenvalue weighted by Crippen LogP contribution is -2.47. The quantitative estimate of drug-likeness (QED) is 0.915. The third-order valence-corrected chi connectivity index (χ3v) is 4.45. The molecule has 1 unspecified atom stereocenters. The summed E-state index contributed by atoms with van der Waals surface area (Å²) < 4.78 is 18.5. The van der Waals surface area contributed by atoms with Crippen molar-refractivity contribution in [3.63, 3.8) is 0 Å². The van der Waals surface area contributed by atoms with Crippen LogP contribution < -0.4 is 5.32 Å². The second-order valence-electron chi connectivity index (χ2n) is 5.97. The van der Waals surface area contributed by atoms with Gasteiger partial charge in [-0.05, 0) is 31.4 Å². The average Bonchev–Trinajstić information content (AvgIpc) is 3.02. The number of hydrogen-bond donors (Lipinski definition) is 1. The third kappa shape index (κ3) is 2.29. The Morgan fingerprint density at radius 2 is 2.38 bits per heavy atom. The molecule has 4 rings (SSSR count). The average molecular weight is 289 g/mol. The Morgan fingerprint density at radius 1 is 1.48 bits per heavy atom.